The van der Waals surface area contributed by atoms with E-state index in [9.17, 15) is 4.79 Å². The Hall–Kier alpha value is -2.05. The van der Waals surface area contributed by atoms with Crippen molar-refractivity contribution in [1.29, 1.82) is 0 Å². The van der Waals surface area contributed by atoms with Crippen molar-refractivity contribution in [2.24, 2.45) is 11.7 Å². The molecule has 0 saturated carbocycles. The van der Waals surface area contributed by atoms with Crippen LogP contribution in [0.4, 0.5) is 10.5 Å². The van der Waals surface area contributed by atoms with E-state index >= 15 is 0 Å². The van der Waals surface area contributed by atoms with Crippen LogP contribution in [0.5, 0.6) is 0 Å². The van der Waals surface area contributed by atoms with Crippen molar-refractivity contribution in [1.82, 2.24) is 9.88 Å². The zero-order chi connectivity index (χ0) is 18.8. The molecule has 5 nitrogen and oxygen atoms in total. The first-order valence-electron chi connectivity index (χ1n) is 9.53. The molecule has 27 heavy (non-hydrogen) atoms. The van der Waals surface area contributed by atoms with Gasteiger partial charge in [0.15, 0.2) is 0 Å². The van der Waals surface area contributed by atoms with Gasteiger partial charge < -0.3 is 5.73 Å². The van der Waals surface area contributed by atoms with Gasteiger partial charge in [0.2, 0.25) is 0 Å². The van der Waals surface area contributed by atoms with Crippen molar-refractivity contribution in [3.63, 3.8) is 0 Å². The number of nitrogens with zero attached hydrogens (tertiary/aromatic N) is 3. The Bertz CT molecular complexity index is 792. The van der Waals surface area contributed by atoms with Crippen LogP contribution in [0.2, 0.25) is 0 Å². The van der Waals surface area contributed by atoms with E-state index < -0.39 is 0 Å². The molecule has 5 rings (SSSR count). The van der Waals surface area contributed by atoms with Crippen molar-refractivity contribution in [2.75, 3.05) is 24.2 Å². The minimum atomic E-state index is -0.355. The van der Waals surface area contributed by atoms with E-state index in [1.165, 1.54) is 5.56 Å². The number of pyridine rings is 1. The molecule has 1 aromatic carbocycles. The summed E-state index contributed by atoms with van der Waals surface area (Å²) >= 11 is 1.66. The number of hydrogen-bond acceptors (Lipinski definition) is 4. The van der Waals surface area contributed by atoms with E-state index in [1.807, 2.05) is 41.6 Å². The number of thioether (sulfide) groups is 1. The maximum atomic E-state index is 12.6. The van der Waals surface area contributed by atoms with Gasteiger partial charge in [0, 0.05) is 23.3 Å². The van der Waals surface area contributed by atoms with Gasteiger partial charge in [0.05, 0.1) is 11.7 Å². The largest absolute Gasteiger partial charge is 0.351 e. The summed E-state index contributed by atoms with van der Waals surface area (Å²) in [6.45, 7) is 2.20. The molecule has 1 aromatic heterocycles. The molecule has 3 aliphatic rings. The second-order valence-corrected chi connectivity index (χ2v) is 8.22. The zero-order valence-electron chi connectivity index (χ0n) is 15.6. The molecule has 0 spiro atoms. The van der Waals surface area contributed by atoms with Crippen LogP contribution in [0.15, 0.2) is 53.7 Å². The average molecular weight is 383 g/mol. The average Bonchev–Trinajstić information content (AvgIpc) is 2.71. The van der Waals surface area contributed by atoms with Crippen molar-refractivity contribution in [3.8, 4) is 0 Å². The first kappa shape index (κ1) is 18.3. The number of para-hydroxylation sites is 1. The number of benzene rings is 1. The third-order valence-electron chi connectivity index (χ3n) is 5.97. The Morgan fingerprint density at radius 2 is 2.04 bits per heavy atom. The fourth-order valence-corrected chi connectivity index (χ4v) is 5.36. The highest BCUT2D eigenvalue weighted by atomic mass is 32.2. The van der Waals surface area contributed by atoms with Crippen LogP contribution in [0.1, 0.15) is 18.4 Å². The lowest BCUT2D eigenvalue weighted by Gasteiger charge is -2.54. The molecular weight excluding hydrogens is 356 g/mol. The number of nitrogens with two attached hydrogens (primary N) is 1. The lowest BCUT2D eigenvalue weighted by molar-refractivity contribution is 0.0278. The van der Waals surface area contributed by atoms with Gasteiger partial charge in [0.1, 0.15) is 0 Å². The summed E-state index contributed by atoms with van der Waals surface area (Å²) in [5.41, 5.74) is 8.11. The molecule has 3 saturated heterocycles. The molecular formula is C21H26N4OS. The molecule has 3 fully saturated rings. The number of piperidine rings is 3. The molecule has 4 heterocycles. The Labute approximate surface area is 164 Å². The molecule has 2 aromatic rings. The van der Waals surface area contributed by atoms with E-state index in [4.69, 9.17) is 5.73 Å². The van der Waals surface area contributed by atoms with Gasteiger partial charge in [-0.15, -0.1) is 11.8 Å². The number of aromatic nitrogens is 1. The van der Waals surface area contributed by atoms with Gasteiger partial charge >= 0.3 is 6.03 Å². The summed E-state index contributed by atoms with van der Waals surface area (Å²) in [4.78, 5) is 22.4. The molecule has 142 valence electrons. The SMILES string of the molecule is CSc1ccccc1N(C(N)=O)C1C2CCN(CC2)C1Cc1cccnc1. The molecule has 2 N–H and O–H groups in total. The normalized spacial score (nSPS) is 26.7. The maximum Gasteiger partial charge on any atom is 0.319 e. The first-order valence-corrected chi connectivity index (χ1v) is 10.8. The topological polar surface area (TPSA) is 62.5 Å². The highest BCUT2D eigenvalue weighted by Crippen LogP contribution is 2.40. The van der Waals surface area contributed by atoms with E-state index in [2.05, 4.69) is 22.0 Å². The van der Waals surface area contributed by atoms with Gasteiger partial charge in [-0.2, -0.15) is 0 Å². The van der Waals surface area contributed by atoms with Gasteiger partial charge in [-0.1, -0.05) is 18.2 Å². The van der Waals surface area contributed by atoms with Crippen LogP contribution in [0.25, 0.3) is 0 Å². The number of primary amides is 1. The lowest BCUT2D eigenvalue weighted by atomic mass is 9.76. The number of carbonyl (C=O) groups is 1. The molecule has 0 aliphatic carbocycles. The number of urea groups is 1. The monoisotopic (exact) mass is 382 g/mol. The maximum absolute atomic E-state index is 12.6. The van der Waals surface area contributed by atoms with Crippen LogP contribution in [-0.2, 0) is 6.42 Å². The Kier molecular flexibility index (Phi) is 5.36. The standard InChI is InChI=1S/C21H26N4OS/c1-27-19-7-3-2-6-17(19)25(21(22)26)20-16-8-11-24(12-9-16)18(20)13-15-5-4-10-23-14-15/h2-7,10,14,16,18,20H,8-9,11-13H2,1H3,(H2,22,26). The molecule has 3 aliphatic heterocycles. The van der Waals surface area contributed by atoms with Crippen molar-refractivity contribution in [3.05, 3.63) is 54.4 Å². The van der Waals surface area contributed by atoms with Crippen LogP contribution in [0.3, 0.4) is 0 Å². The number of carbonyl (C=O) groups excluding carboxylic acids is 1. The predicted octanol–water partition coefficient (Wildman–Crippen LogP) is 3.39. The summed E-state index contributed by atoms with van der Waals surface area (Å²) in [6, 6.07) is 12.2. The molecule has 2 amide bonds. The predicted molar refractivity (Wildman–Crippen MR) is 110 cm³/mol. The fraction of sp³-hybridized carbons (Fsp3) is 0.429. The molecule has 2 atom stereocenters. The Morgan fingerprint density at radius 1 is 1.26 bits per heavy atom. The summed E-state index contributed by atoms with van der Waals surface area (Å²) in [7, 11) is 0. The molecule has 6 heteroatoms. The summed E-state index contributed by atoms with van der Waals surface area (Å²) in [5.74, 6) is 0.485. The summed E-state index contributed by atoms with van der Waals surface area (Å²) in [6.07, 6.45) is 8.92. The van der Waals surface area contributed by atoms with E-state index in [0.717, 1.165) is 42.9 Å². The van der Waals surface area contributed by atoms with Gasteiger partial charge in [-0.25, -0.2) is 4.79 Å². The van der Waals surface area contributed by atoms with Crippen molar-refractivity contribution < 1.29 is 4.79 Å². The summed E-state index contributed by atoms with van der Waals surface area (Å²) in [5, 5.41) is 0. The minimum Gasteiger partial charge on any atom is -0.351 e. The quantitative estimate of drug-likeness (QED) is 0.805. The number of anilines is 1. The van der Waals surface area contributed by atoms with E-state index in [1.54, 1.807) is 18.0 Å². The van der Waals surface area contributed by atoms with Gasteiger partial charge in [0.25, 0.3) is 0 Å². The molecule has 2 unspecified atom stereocenters. The third-order valence-corrected chi connectivity index (χ3v) is 6.75. The van der Waals surface area contributed by atoms with E-state index in [0.29, 0.717) is 5.92 Å². The number of amides is 2. The first-order chi connectivity index (χ1) is 13.2. The second-order valence-electron chi connectivity index (χ2n) is 7.38. The number of fused-ring (bicyclic) bond motifs is 3. The Morgan fingerprint density at radius 3 is 2.70 bits per heavy atom. The van der Waals surface area contributed by atoms with Crippen LogP contribution in [0, 0.1) is 5.92 Å². The number of hydrogen-bond donors (Lipinski definition) is 1. The van der Waals surface area contributed by atoms with E-state index in [-0.39, 0.29) is 18.1 Å². The van der Waals surface area contributed by atoms with Gasteiger partial charge in [-0.05, 0) is 68.3 Å². The summed E-state index contributed by atoms with van der Waals surface area (Å²) < 4.78 is 0. The second kappa shape index (κ2) is 7.90. The van der Waals surface area contributed by atoms with Crippen molar-refractivity contribution in [2.45, 2.75) is 36.2 Å². The third kappa shape index (κ3) is 3.56. The Balaban J connectivity index is 1.73. The molecule has 2 bridgehead atoms. The van der Waals surface area contributed by atoms with Crippen molar-refractivity contribution >= 4 is 23.5 Å². The van der Waals surface area contributed by atoms with Gasteiger partial charge in [-0.3, -0.25) is 14.8 Å². The van der Waals surface area contributed by atoms with Crippen LogP contribution < -0.4 is 10.6 Å². The zero-order valence-corrected chi connectivity index (χ0v) is 16.4. The smallest absolute Gasteiger partial charge is 0.319 e. The highest BCUT2D eigenvalue weighted by Gasteiger charge is 2.46. The fourth-order valence-electron chi connectivity index (χ4n) is 4.77. The van der Waals surface area contributed by atoms with Crippen LogP contribution in [-0.4, -0.2) is 47.3 Å². The lowest BCUT2D eigenvalue weighted by Crippen LogP contribution is -2.66. The van der Waals surface area contributed by atoms with Crippen LogP contribution >= 0.6 is 11.8 Å². The minimum absolute atomic E-state index is 0.0958. The number of rotatable bonds is 5. The highest BCUT2D eigenvalue weighted by molar-refractivity contribution is 7.98. The molecule has 0 radical (unpaired) electrons.